The number of amides is 2. The predicted octanol–water partition coefficient (Wildman–Crippen LogP) is 4.35. The van der Waals surface area contributed by atoms with Gasteiger partial charge in [0.2, 0.25) is 0 Å². The quantitative estimate of drug-likeness (QED) is 0.413. The summed E-state index contributed by atoms with van der Waals surface area (Å²) in [5, 5.41) is 10.7. The van der Waals surface area contributed by atoms with Crippen molar-refractivity contribution in [1.29, 1.82) is 0 Å². The number of rotatable bonds is 4. The number of piperidine rings is 1. The molecule has 2 amide bonds. The first-order chi connectivity index (χ1) is 14.4. The molecule has 1 saturated heterocycles. The number of hydrogen-bond acceptors (Lipinski definition) is 5. The zero-order valence-electron chi connectivity index (χ0n) is 16.4. The Labute approximate surface area is 178 Å². The minimum absolute atomic E-state index is 0.0469. The van der Waals surface area contributed by atoms with Gasteiger partial charge in [0, 0.05) is 30.9 Å². The Kier molecular flexibility index (Phi) is 5.30. The molecule has 7 nitrogen and oxygen atoms in total. The van der Waals surface area contributed by atoms with E-state index in [2.05, 4.69) is 11.8 Å². The van der Waals surface area contributed by atoms with Gasteiger partial charge < -0.3 is 4.90 Å². The number of nitro benzene ring substituents is 1. The molecule has 2 aromatic carbocycles. The van der Waals surface area contributed by atoms with E-state index in [-0.39, 0.29) is 16.3 Å². The summed E-state index contributed by atoms with van der Waals surface area (Å²) in [7, 11) is 0. The van der Waals surface area contributed by atoms with Crippen LogP contribution < -0.4 is 9.80 Å². The van der Waals surface area contributed by atoms with Crippen LogP contribution in [0.1, 0.15) is 25.3 Å². The van der Waals surface area contributed by atoms with Gasteiger partial charge in [-0.3, -0.25) is 19.7 Å². The summed E-state index contributed by atoms with van der Waals surface area (Å²) in [5.41, 5.74) is 1.80. The lowest BCUT2D eigenvalue weighted by molar-refractivity contribution is -0.384. The van der Waals surface area contributed by atoms with Gasteiger partial charge in [-0.2, -0.15) is 0 Å². The fourth-order valence-corrected chi connectivity index (χ4v) is 4.09. The summed E-state index contributed by atoms with van der Waals surface area (Å²) in [6.45, 7) is 4.23. The number of carbonyl (C=O) groups excluding carboxylic acids is 2. The van der Waals surface area contributed by atoms with Crippen LogP contribution in [-0.2, 0) is 9.59 Å². The highest BCUT2D eigenvalue weighted by Gasteiger charge is 2.39. The second kappa shape index (κ2) is 7.91. The Morgan fingerprint density at radius 3 is 2.07 bits per heavy atom. The molecule has 2 aromatic rings. The third-order valence-electron chi connectivity index (χ3n) is 5.65. The molecule has 0 spiro atoms. The normalized spacial score (nSPS) is 17.8. The lowest BCUT2D eigenvalue weighted by Crippen LogP contribution is -2.33. The van der Waals surface area contributed by atoms with Crippen molar-refractivity contribution in [2.24, 2.45) is 5.92 Å². The van der Waals surface area contributed by atoms with Crippen LogP contribution in [0, 0.1) is 16.0 Å². The van der Waals surface area contributed by atoms with E-state index < -0.39 is 16.7 Å². The van der Waals surface area contributed by atoms with E-state index >= 15 is 0 Å². The van der Waals surface area contributed by atoms with Crippen molar-refractivity contribution >= 4 is 46.1 Å². The molecule has 0 saturated carbocycles. The number of nitrogens with zero attached hydrogens (tertiary/aromatic N) is 3. The van der Waals surface area contributed by atoms with Gasteiger partial charge in [0.15, 0.2) is 0 Å². The molecule has 0 aromatic heterocycles. The molecule has 0 atom stereocenters. The molecule has 8 heteroatoms. The van der Waals surface area contributed by atoms with Crippen molar-refractivity contribution in [2.45, 2.75) is 19.8 Å². The van der Waals surface area contributed by atoms with Crippen LogP contribution in [0.3, 0.4) is 0 Å². The summed E-state index contributed by atoms with van der Waals surface area (Å²) >= 11 is 6.20. The molecule has 2 aliphatic heterocycles. The Hall–Kier alpha value is -3.19. The van der Waals surface area contributed by atoms with Crippen molar-refractivity contribution in [3.05, 3.63) is 69.2 Å². The Morgan fingerprint density at radius 1 is 0.933 bits per heavy atom. The van der Waals surface area contributed by atoms with E-state index in [0.29, 0.717) is 11.3 Å². The van der Waals surface area contributed by atoms with Crippen LogP contribution in [0.5, 0.6) is 0 Å². The molecule has 0 bridgehead atoms. The zero-order valence-corrected chi connectivity index (χ0v) is 17.1. The largest absolute Gasteiger partial charge is 0.372 e. The third-order valence-corrected chi connectivity index (χ3v) is 6.00. The number of nitro groups is 1. The van der Waals surface area contributed by atoms with E-state index in [1.807, 2.05) is 12.1 Å². The Bertz CT molecular complexity index is 1040. The molecular weight excluding hydrogens is 406 g/mol. The van der Waals surface area contributed by atoms with Gasteiger partial charge in [-0.25, -0.2) is 4.90 Å². The van der Waals surface area contributed by atoms with Crippen molar-refractivity contribution in [3.63, 3.8) is 0 Å². The van der Waals surface area contributed by atoms with Gasteiger partial charge in [0.1, 0.15) is 5.03 Å². The summed E-state index contributed by atoms with van der Waals surface area (Å²) in [4.78, 5) is 39.3. The van der Waals surface area contributed by atoms with Crippen LogP contribution in [0.25, 0.3) is 5.57 Å². The Balaban J connectivity index is 1.57. The standard InChI is InChI=1S/C22H20ClN3O4/c1-14-10-12-24(13-11-14)16-6-8-17(9-7-16)25-21(27)19(20(23)22(25)28)15-2-4-18(5-3-15)26(29)30/h2-9,14H,10-13H2,1H3. The van der Waals surface area contributed by atoms with E-state index in [9.17, 15) is 19.7 Å². The molecule has 1 fully saturated rings. The molecule has 154 valence electrons. The number of carbonyl (C=O) groups is 2. The molecule has 2 heterocycles. The van der Waals surface area contributed by atoms with Crippen LogP contribution in [-0.4, -0.2) is 29.8 Å². The van der Waals surface area contributed by atoms with Gasteiger partial charge in [-0.15, -0.1) is 0 Å². The smallest absolute Gasteiger partial charge is 0.277 e. The van der Waals surface area contributed by atoms with Crippen LogP contribution >= 0.6 is 11.6 Å². The monoisotopic (exact) mass is 425 g/mol. The highest BCUT2D eigenvalue weighted by molar-refractivity contribution is 6.60. The number of imide groups is 1. The van der Waals surface area contributed by atoms with Gasteiger partial charge in [0.05, 0.1) is 16.2 Å². The first kappa shape index (κ1) is 20.1. The summed E-state index contributed by atoms with van der Waals surface area (Å²) < 4.78 is 0. The molecule has 0 N–H and O–H groups in total. The van der Waals surface area contributed by atoms with Gasteiger partial charge in [-0.05, 0) is 60.7 Å². The number of halogens is 1. The predicted molar refractivity (Wildman–Crippen MR) is 115 cm³/mol. The highest BCUT2D eigenvalue weighted by atomic mass is 35.5. The summed E-state index contributed by atoms with van der Waals surface area (Å²) in [6, 6.07) is 12.7. The van der Waals surface area contributed by atoms with Crippen molar-refractivity contribution < 1.29 is 14.5 Å². The maximum absolute atomic E-state index is 13.0. The van der Waals surface area contributed by atoms with Gasteiger partial charge in [-0.1, -0.05) is 18.5 Å². The average Bonchev–Trinajstić information content (AvgIpc) is 2.97. The summed E-state index contributed by atoms with van der Waals surface area (Å²) in [6.07, 6.45) is 2.28. The summed E-state index contributed by atoms with van der Waals surface area (Å²) in [5.74, 6) is -0.417. The fourth-order valence-electron chi connectivity index (χ4n) is 3.82. The molecule has 0 radical (unpaired) electrons. The molecule has 30 heavy (non-hydrogen) atoms. The Morgan fingerprint density at radius 2 is 1.50 bits per heavy atom. The fraction of sp³-hybridized carbons (Fsp3) is 0.273. The SMILES string of the molecule is CC1CCN(c2ccc(N3C(=O)C(Cl)=C(c4ccc([N+](=O)[O-])cc4)C3=O)cc2)CC1. The van der Waals surface area contributed by atoms with Crippen LogP contribution in [0.15, 0.2) is 53.6 Å². The first-order valence-electron chi connectivity index (χ1n) is 9.75. The van der Waals surface area contributed by atoms with E-state index in [4.69, 9.17) is 11.6 Å². The lowest BCUT2D eigenvalue weighted by atomic mass is 9.99. The van der Waals surface area contributed by atoms with Crippen LogP contribution in [0.2, 0.25) is 0 Å². The van der Waals surface area contributed by atoms with Crippen molar-refractivity contribution in [3.8, 4) is 0 Å². The van der Waals surface area contributed by atoms with E-state index in [1.54, 1.807) is 12.1 Å². The average molecular weight is 426 g/mol. The minimum Gasteiger partial charge on any atom is -0.372 e. The second-order valence-corrected chi connectivity index (χ2v) is 8.00. The van der Waals surface area contributed by atoms with Crippen molar-refractivity contribution in [2.75, 3.05) is 22.9 Å². The maximum atomic E-state index is 13.0. The topological polar surface area (TPSA) is 83.8 Å². The minimum atomic E-state index is -0.602. The number of benzene rings is 2. The van der Waals surface area contributed by atoms with E-state index in [0.717, 1.165) is 42.4 Å². The number of anilines is 2. The molecule has 0 unspecified atom stereocenters. The molecule has 4 rings (SSSR count). The van der Waals surface area contributed by atoms with Crippen molar-refractivity contribution in [1.82, 2.24) is 0 Å². The highest BCUT2D eigenvalue weighted by Crippen LogP contribution is 2.36. The second-order valence-electron chi connectivity index (χ2n) is 7.62. The molecular formula is C22H20ClN3O4. The lowest BCUT2D eigenvalue weighted by Gasteiger charge is -2.32. The van der Waals surface area contributed by atoms with Gasteiger partial charge in [0.25, 0.3) is 17.5 Å². The zero-order chi connectivity index (χ0) is 21.4. The first-order valence-corrected chi connectivity index (χ1v) is 10.1. The molecule has 0 aliphatic carbocycles. The van der Waals surface area contributed by atoms with E-state index in [1.165, 1.54) is 24.3 Å². The van der Waals surface area contributed by atoms with Gasteiger partial charge >= 0.3 is 0 Å². The number of non-ortho nitro benzene ring substituents is 1. The third kappa shape index (κ3) is 3.57. The van der Waals surface area contributed by atoms with Crippen LogP contribution in [0.4, 0.5) is 17.1 Å². The maximum Gasteiger partial charge on any atom is 0.277 e. The molecule has 2 aliphatic rings. The number of hydrogen-bond donors (Lipinski definition) is 0.